The molecule has 0 spiro atoms. The van der Waals surface area contributed by atoms with Gasteiger partial charge >= 0.3 is 0 Å². The first-order valence-corrected chi connectivity index (χ1v) is 20.2. The second-order valence-electron chi connectivity index (χ2n) is 15.2. The number of thiophene rings is 1. The summed E-state index contributed by atoms with van der Waals surface area (Å²) in [5.74, 6) is 0. The highest BCUT2D eigenvalue weighted by Gasteiger charge is 2.20. The molecule has 0 saturated heterocycles. The molecule has 0 radical (unpaired) electrons. The van der Waals surface area contributed by atoms with E-state index in [4.69, 9.17) is 0 Å². The molecule has 264 valence electrons. The topological polar surface area (TPSA) is 26.4 Å². The Balaban J connectivity index is 0.948. The molecule has 0 saturated carbocycles. The van der Waals surface area contributed by atoms with E-state index in [0.29, 0.717) is 0 Å². The molecule has 0 aliphatic rings. The molecule has 13 aromatic rings. The summed E-state index contributed by atoms with van der Waals surface area (Å²) in [6.45, 7) is 0. The van der Waals surface area contributed by atoms with Crippen LogP contribution in [-0.2, 0) is 0 Å². The Labute approximate surface area is 329 Å². The number of nitrogens with zero attached hydrogens (tertiary/aromatic N) is 2. The smallest absolute Gasteiger partial charge is 0.263 e. The summed E-state index contributed by atoms with van der Waals surface area (Å²) in [5, 5.41) is 12.6. The number of hydrogen-bond donors (Lipinski definition) is 0. The fraction of sp³-hybridized carbons (Fsp3) is 0. The van der Waals surface area contributed by atoms with Gasteiger partial charge in [-0.25, -0.2) is 0 Å². The number of fused-ring (bicyclic) bond motifs is 12. The van der Waals surface area contributed by atoms with Crippen LogP contribution in [0.5, 0.6) is 0 Å². The second kappa shape index (κ2) is 11.4. The van der Waals surface area contributed by atoms with Crippen LogP contribution < -0.4 is 5.56 Å². The third-order valence-electron chi connectivity index (χ3n) is 12.3. The molecular formula is C53H30N2OS. The predicted molar refractivity (Wildman–Crippen MR) is 243 cm³/mol. The summed E-state index contributed by atoms with van der Waals surface area (Å²) in [7, 11) is 0. The van der Waals surface area contributed by atoms with Crippen LogP contribution in [0.4, 0.5) is 0 Å². The predicted octanol–water partition coefficient (Wildman–Crippen LogP) is 14.1. The van der Waals surface area contributed by atoms with Gasteiger partial charge in [-0.05, 0) is 75.5 Å². The van der Waals surface area contributed by atoms with Gasteiger partial charge in [0.1, 0.15) is 0 Å². The molecule has 0 N–H and O–H groups in total. The number of rotatable bonds is 3. The number of para-hydroxylation sites is 3. The van der Waals surface area contributed by atoms with E-state index in [1.54, 1.807) is 0 Å². The SMILES string of the molecule is O=c1c2cc(-c3ccc(-c4ccc(-n5c6ccccc6c6cc7c(cc65)sc5ccccc57)c5ccccc45)cc3)ccc2c2cccc3c4ccccc4n1c23. The van der Waals surface area contributed by atoms with Crippen LogP contribution in [-0.4, -0.2) is 8.97 Å². The van der Waals surface area contributed by atoms with Crippen LogP contribution in [0.2, 0.25) is 0 Å². The molecule has 4 heterocycles. The molecule has 0 amide bonds. The highest BCUT2D eigenvalue weighted by atomic mass is 32.1. The van der Waals surface area contributed by atoms with Gasteiger partial charge in [0.25, 0.3) is 5.56 Å². The van der Waals surface area contributed by atoms with E-state index in [1.807, 2.05) is 33.9 Å². The van der Waals surface area contributed by atoms with Crippen LogP contribution in [0.3, 0.4) is 0 Å². The Morgan fingerprint density at radius 3 is 1.81 bits per heavy atom. The van der Waals surface area contributed by atoms with E-state index >= 15 is 0 Å². The zero-order valence-corrected chi connectivity index (χ0v) is 31.3. The number of hydrogen-bond acceptors (Lipinski definition) is 2. The maximum absolute atomic E-state index is 14.2. The molecule has 4 heteroatoms. The molecule has 0 bridgehead atoms. The molecule has 4 aromatic heterocycles. The number of pyridine rings is 1. The molecule has 0 aliphatic heterocycles. The van der Waals surface area contributed by atoms with Gasteiger partial charge in [-0.3, -0.25) is 9.20 Å². The average Bonchev–Trinajstić information content (AvgIpc) is 3.92. The lowest BCUT2D eigenvalue weighted by Crippen LogP contribution is -2.12. The summed E-state index contributed by atoms with van der Waals surface area (Å²) < 4.78 is 6.99. The van der Waals surface area contributed by atoms with Crippen LogP contribution in [0.15, 0.2) is 187 Å². The lowest BCUT2D eigenvalue weighted by Gasteiger charge is -2.15. The minimum Gasteiger partial charge on any atom is -0.309 e. The molecule has 0 fully saturated rings. The molecule has 57 heavy (non-hydrogen) atoms. The lowest BCUT2D eigenvalue weighted by atomic mass is 9.94. The Bertz CT molecular complexity index is 3890. The Morgan fingerprint density at radius 2 is 0.982 bits per heavy atom. The summed E-state index contributed by atoms with van der Waals surface area (Å²) in [6.07, 6.45) is 0. The maximum Gasteiger partial charge on any atom is 0.263 e. The highest BCUT2D eigenvalue weighted by molar-refractivity contribution is 7.25. The molecule has 0 atom stereocenters. The molecule has 0 unspecified atom stereocenters. The van der Waals surface area contributed by atoms with Gasteiger partial charge < -0.3 is 4.57 Å². The Kier molecular flexibility index (Phi) is 6.19. The van der Waals surface area contributed by atoms with E-state index < -0.39 is 0 Å². The first-order valence-electron chi connectivity index (χ1n) is 19.4. The van der Waals surface area contributed by atoms with Crippen LogP contribution in [0.1, 0.15) is 0 Å². The number of aromatic nitrogens is 2. The van der Waals surface area contributed by atoms with Crippen molar-refractivity contribution in [2.24, 2.45) is 0 Å². The van der Waals surface area contributed by atoms with Gasteiger partial charge in [0.15, 0.2) is 0 Å². The molecule has 9 aromatic carbocycles. The summed E-state index contributed by atoms with van der Waals surface area (Å²) in [6, 6.07) is 65.4. The normalized spacial score (nSPS) is 12.3. The summed E-state index contributed by atoms with van der Waals surface area (Å²) in [4.78, 5) is 14.2. The van der Waals surface area contributed by atoms with Gasteiger partial charge in [0, 0.05) is 57.9 Å². The van der Waals surface area contributed by atoms with Crippen molar-refractivity contribution in [1.29, 1.82) is 0 Å². The summed E-state index contributed by atoms with van der Waals surface area (Å²) in [5.41, 5.74) is 10.0. The fourth-order valence-electron chi connectivity index (χ4n) is 9.72. The Hall–Kier alpha value is -7.27. The van der Waals surface area contributed by atoms with Crippen molar-refractivity contribution in [3.8, 4) is 27.9 Å². The van der Waals surface area contributed by atoms with Gasteiger partial charge in [-0.15, -0.1) is 11.3 Å². The van der Waals surface area contributed by atoms with E-state index in [1.165, 1.54) is 64.0 Å². The average molecular weight is 743 g/mol. The minimum absolute atomic E-state index is 0.0245. The van der Waals surface area contributed by atoms with E-state index in [2.05, 4.69) is 168 Å². The zero-order chi connectivity index (χ0) is 37.4. The minimum atomic E-state index is 0.0245. The molecular weight excluding hydrogens is 713 g/mol. The molecule has 0 aliphatic carbocycles. The van der Waals surface area contributed by atoms with Gasteiger partial charge in [-0.2, -0.15) is 0 Å². The van der Waals surface area contributed by atoms with Crippen molar-refractivity contribution < 1.29 is 0 Å². The van der Waals surface area contributed by atoms with Crippen molar-refractivity contribution >= 4 is 102 Å². The van der Waals surface area contributed by atoms with Crippen molar-refractivity contribution in [2.45, 2.75) is 0 Å². The zero-order valence-electron chi connectivity index (χ0n) is 30.5. The highest BCUT2D eigenvalue weighted by Crippen LogP contribution is 2.43. The standard InChI is InChI=1S/C53H30N2OS/c56-53-45-28-33(24-25-36(45)41-15-9-16-42-38-12-3-7-18-47(38)55(53)52(41)42)31-20-22-32(23-21-31)34-26-27-48(37-11-2-1-10-35(34)37)54-46-17-6-4-13-39(46)43-29-44-40-14-5-8-19-50(40)57-51(44)30-49(43)54/h1-30H. The van der Waals surface area contributed by atoms with Gasteiger partial charge in [0.2, 0.25) is 0 Å². The Morgan fingerprint density at radius 1 is 0.351 bits per heavy atom. The van der Waals surface area contributed by atoms with Crippen molar-refractivity contribution in [2.75, 3.05) is 0 Å². The van der Waals surface area contributed by atoms with Gasteiger partial charge in [0.05, 0.1) is 27.8 Å². The fourth-order valence-corrected chi connectivity index (χ4v) is 10.8. The van der Waals surface area contributed by atoms with Crippen LogP contribution in [0.25, 0.3) is 119 Å². The summed E-state index contributed by atoms with van der Waals surface area (Å²) >= 11 is 1.87. The van der Waals surface area contributed by atoms with E-state index in [0.717, 1.165) is 54.7 Å². The first-order chi connectivity index (χ1) is 28.2. The molecule has 3 nitrogen and oxygen atoms in total. The first kappa shape index (κ1) is 31.0. The van der Waals surface area contributed by atoms with E-state index in [-0.39, 0.29) is 5.56 Å². The van der Waals surface area contributed by atoms with Crippen LogP contribution in [0, 0.1) is 0 Å². The monoisotopic (exact) mass is 742 g/mol. The van der Waals surface area contributed by atoms with Crippen molar-refractivity contribution in [1.82, 2.24) is 8.97 Å². The third-order valence-corrected chi connectivity index (χ3v) is 13.4. The van der Waals surface area contributed by atoms with Crippen molar-refractivity contribution in [3.05, 3.63) is 192 Å². The maximum atomic E-state index is 14.2. The molecule has 13 rings (SSSR count). The van der Waals surface area contributed by atoms with Gasteiger partial charge in [-0.1, -0.05) is 140 Å². The van der Waals surface area contributed by atoms with E-state index in [9.17, 15) is 4.79 Å². The third kappa shape index (κ3) is 4.22. The van der Waals surface area contributed by atoms with Crippen LogP contribution >= 0.6 is 11.3 Å². The second-order valence-corrected chi connectivity index (χ2v) is 16.3. The lowest BCUT2D eigenvalue weighted by molar-refractivity contribution is 1.20. The number of benzene rings is 9. The van der Waals surface area contributed by atoms with Crippen molar-refractivity contribution in [3.63, 3.8) is 0 Å². The largest absolute Gasteiger partial charge is 0.309 e. The quantitative estimate of drug-likeness (QED) is 0.166.